The average molecular weight is 454 g/mol. The molecule has 3 rings (SSSR count). The highest BCUT2D eigenvalue weighted by Crippen LogP contribution is 2.37. The van der Waals surface area contributed by atoms with Gasteiger partial charge in [0, 0.05) is 37.4 Å². The number of carbonyl (C=O) groups is 1. The Hall–Kier alpha value is -2.02. The van der Waals surface area contributed by atoms with E-state index in [2.05, 4.69) is 11.4 Å². The molecule has 0 aromatic heterocycles. The van der Waals surface area contributed by atoms with E-state index >= 15 is 0 Å². The van der Waals surface area contributed by atoms with Crippen molar-refractivity contribution in [3.63, 3.8) is 0 Å². The second-order valence-corrected chi connectivity index (χ2v) is 8.38. The first-order chi connectivity index (χ1) is 14.2. The number of rotatable bonds is 4. The van der Waals surface area contributed by atoms with Crippen molar-refractivity contribution in [1.82, 2.24) is 15.1 Å². The van der Waals surface area contributed by atoms with Gasteiger partial charge in [0.15, 0.2) is 0 Å². The summed E-state index contributed by atoms with van der Waals surface area (Å²) in [6.45, 7) is 5.30. The van der Waals surface area contributed by atoms with Crippen LogP contribution >= 0.6 is 23.2 Å². The molecule has 2 heterocycles. The third kappa shape index (κ3) is 4.66. The molecular formula is C22H26Cl2FN3O2. The van der Waals surface area contributed by atoms with Crippen LogP contribution in [0.4, 0.5) is 9.18 Å². The number of amides is 2. The van der Waals surface area contributed by atoms with Gasteiger partial charge in [-0.05, 0) is 56.2 Å². The first-order valence-corrected chi connectivity index (χ1v) is 10.6. The Kier molecular flexibility index (Phi) is 7.11. The first kappa shape index (κ1) is 22.7. The van der Waals surface area contributed by atoms with E-state index in [4.69, 9.17) is 27.9 Å². The zero-order valence-corrected chi connectivity index (χ0v) is 19.0. The molecule has 2 atom stereocenters. The molecular weight excluding hydrogens is 428 g/mol. The van der Waals surface area contributed by atoms with Crippen molar-refractivity contribution in [2.45, 2.75) is 32.4 Å². The summed E-state index contributed by atoms with van der Waals surface area (Å²) in [5.74, 6) is 0.0353. The van der Waals surface area contributed by atoms with Crippen LogP contribution in [-0.2, 0) is 4.74 Å². The molecule has 1 aromatic carbocycles. The van der Waals surface area contributed by atoms with Crippen LogP contribution in [0.2, 0.25) is 10.0 Å². The highest BCUT2D eigenvalue weighted by molar-refractivity contribution is 6.36. The fourth-order valence-corrected chi connectivity index (χ4v) is 4.21. The topological polar surface area (TPSA) is 44.8 Å². The van der Waals surface area contributed by atoms with Gasteiger partial charge in [-0.2, -0.15) is 0 Å². The largest absolute Gasteiger partial charge is 0.488 e. The number of halogens is 3. The van der Waals surface area contributed by atoms with Crippen LogP contribution in [0.3, 0.4) is 0 Å². The van der Waals surface area contributed by atoms with E-state index in [0.29, 0.717) is 16.3 Å². The molecule has 162 valence electrons. The lowest BCUT2D eigenvalue weighted by atomic mass is 9.96. The van der Waals surface area contributed by atoms with E-state index < -0.39 is 11.9 Å². The number of hydrogen-bond donors (Lipinski definition) is 1. The van der Waals surface area contributed by atoms with E-state index in [-0.39, 0.29) is 17.1 Å². The zero-order chi connectivity index (χ0) is 22.0. The van der Waals surface area contributed by atoms with Crippen LogP contribution in [0.15, 0.2) is 47.4 Å². The SMILES string of the molecule is CC(OC1=CC(C2=CCNCC2)=CN(C(=O)N(C)C)C1C)c1c(Cl)ccc(F)c1Cl. The lowest BCUT2D eigenvalue weighted by Gasteiger charge is -2.35. The summed E-state index contributed by atoms with van der Waals surface area (Å²) >= 11 is 12.4. The number of hydrogen-bond acceptors (Lipinski definition) is 3. The fourth-order valence-electron chi connectivity index (χ4n) is 3.53. The summed E-state index contributed by atoms with van der Waals surface area (Å²) in [5.41, 5.74) is 2.45. The Labute approximate surface area is 186 Å². The van der Waals surface area contributed by atoms with Gasteiger partial charge in [0.25, 0.3) is 0 Å². The van der Waals surface area contributed by atoms with E-state index in [1.807, 2.05) is 19.2 Å². The van der Waals surface area contributed by atoms with Gasteiger partial charge in [-0.15, -0.1) is 0 Å². The third-order valence-corrected chi connectivity index (χ3v) is 5.96. The quantitative estimate of drug-likeness (QED) is 0.630. The Morgan fingerprint density at radius 3 is 2.73 bits per heavy atom. The molecule has 0 bridgehead atoms. The van der Waals surface area contributed by atoms with E-state index in [0.717, 1.165) is 30.7 Å². The zero-order valence-electron chi connectivity index (χ0n) is 17.5. The molecule has 0 fully saturated rings. The molecule has 5 nitrogen and oxygen atoms in total. The lowest BCUT2D eigenvalue weighted by molar-refractivity contribution is 0.0939. The second kappa shape index (κ2) is 9.41. The lowest BCUT2D eigenvalue weighted by Crippen LogP contribution is -2.44. The smallest absolute Gasteiger partial charge is 0.324 e. The summed E-state index contributed by atoms with van der Waals surface area (Å²) in [7, 11) is 3.42. The van der Waals surface area contributed by atoms with Gasteiger partial charge in [0.2, 0.25) is 0 Å². The highest BCUT2D eigenvalue weighted by Gasteiger charge is 2.31. The van der Waals surface area contributed by atoms with Crippen molar-refractivity contribution in [2.75, 3.05) is 27.2 Å². The minimum absolute atomic E-state index is 0.0582. The van der Waals surface area contributed by atoms with Gasteiger partial charge in [-0.1, -0.05) is 29.3 Å². The third-order valence-electron chi connectivity index (χ3n) is 5.24. The summed E-state index contributed by atoms with van der Waals surface area (Å²) in [6.07, 6.45) is 6.17. The Bertz CT molecular complexity index is 927. The van der Waals surface area contributed by atoms with Crippen molar-refractivity contribution in [1.29, 1.82) is 0 Å². The Balaban J connectivity index is 1.96. The molecule has 0 radical (unpaired) electrons. The van der Waals surface area contributed by atoms with Gasteiger partial charge >= 0.3 is 6.03 Å². The summed E-state index contributed by atoms with van der Waals surface area (Å²) in [4.78, 5) is 16.0. The number of nitrogens with one attached hydrogen (secondary N) is 1. The molecule has 2 aliphatic rings. The normalized spacial score (nSPS) is 20.2. The monoisotopic (exact) mass is 453 g/mol. The number of allylic oxidation sites excluding steroid dienone is 2. The van der Waals surface area contributed by atoms with Crippen molar-refractivity contribution in [3.05, 3.63) is 68.8 Å². The molecule has 0 spiro atoms. The van der Waals surface area contributed by atoms with Crippen LogP contribution < -0.4 is 5.32 Å². The van der Waals surface area contributed by atoms with E-state index in [1.165, 1.54) is 17.0 Å². The van der Waals surface area contributed by atoms with Gasteiger partial charge in [0.05, 0.1) is 11.1 Å². The fraction of sp³-hybridized carbons (Fsp3) is 0.409. The van der Waals surface area contributed by atoms with Gasteiger partial charge in [-0.3, -0.25) is 4.90 Å². The molecule has 2 unspecified atom stereocenters. The van der Waals surface area contributed by atoms with Gasteiger partial charge in [0.1, 0.15) is 17.7 Å². The Morgan fingerprint density at radius 2 is 2.10 bits per heavy atom. The van der Waals surface area contributed by atoms with Crippen LogP contribution in [0.1, 0.15) is 31.9 Å². The van der Waals surface area contributed by atoms with Crippen molar-refractivity contribution < 1.29 is 13.9 Å². The maximum absolute atomic E-state index is 14.0. The van der Waals surface area contributed by atoms with Gasteiger partial charge in [-0.25, -0.2) is 9.18 Å². The molecule has 2 amide bonds. The summed E-state index contributed by atoms with van der Waals surface area (Å²) < 4.78 is 20.2. The highest BCUT2D eigenvalue weighted by atomic mass is 35.5. The average Bonchev–Trinajstić information content (AvgIpc) is 2.72. The van der Waals surface area contributed by atoms with Crippen LogP contribution in [0.5, 0.6) is 0 Å². The molecule has 2 aliphatic heterocycles. The molecule has 30 heavy (non-hydrogen) atoms. The van der Waals surface area contributed by atoms with Gasteiger partial charge < -0.3 is 15.0 Å². The molecule has 1 N–H and O–H groups in total. The van der Waals surface area contributed by atoms with Crippen LogP contribution in [0, 0.1) is 5.82 Å². The molecule has 0 saturated carbocycles. The molecule has 0 saturated heterocycles. The molecule has 1 aromatic rings. The number of ether oxygens (including phenoxy) is 1. The van der Waals surface area contributed by atoms with Crippen LogP contribution in [-0.4, -0.2) is 49.1 Å². The van der Waals surface area contributed by atoms with Crippen molar-refractivity contribution >= 4 is 29.2 Å². The Morgan fingerprint density at radius 1 is 1.37 bits per heavy atom. The van der Waals surface area contributed by atoms with E-state index in [1.54, 1.807) is 25.9 Å². The predicted molar refractivity (Wildman–Crippen MR) is 118 cm³/mol. The minimum atomic E-state index is -0.605. The molecule has 8 heteroatoms. The predicted octanol–water partition coefficient (Wildman–Crippen LogP) is 5.28. The number of carbonyl (C=O) groups excluding carboxylic acids is 1. The van der Waals surface area contributed by atoms with Crippen LogP contribution in [0.25, 0.3) is 0 Å². The molecule has 0 aliphatic carbocycles. The standard InChI is InChI=1S/C22H26Cl2FN3O2/c1-13-19(30-14(2)20-17(23)5-6-18(25)21(20)24)11-16(15-7-9-26-10-8-15)12-28(13)22(29)27(3)4/h5-7,11-14,26H,8-10H2,1-4H3. The number of benzene rings is 1. The maximum atomic E-state index is 14.0. The minimum Gasteiger partial charge on any atom is -0.488 e. The summed E-state index contributed by atoms with van der Waals surface area (Å²) in [6, 6.07) is 2.19. The first-order valence-electron chi connectivity index (χ1n) is 9.84. The second-order valence-electron chi connectivity index (χ2n) is 7.59. The van der Waals surface area contributed by atoms with Crippen molar-refractivity contribution in [3.8, 4) is 0 Å². The van der Waals surface area contributed by atoms with E-state index in [9.17, 15) is 9.18 Å². The van der Waals surface area contributed by atoms with Crippen molar-refractivity contribution in [2.24, 2.45) is 0 Å². The number of urea groups is 1. The number of nitrogens with zero attached hydrogens (tertiary/aromatic N) is 2. The maximum Gasteiger partial charge on any atom is 0.324 e. The summed E-state index contributed by atoms with van der Waals surface area (Å²) in [5, 5.41) is 3.56.